The molecular formula is C23H28O2S. The van der Waals surface area contributed by atoms with Gasteiger partial charge in [-0.15, -0.1) is 11.8 Å². The van der Waals surface area contributed by atoms with Crippen LogP contribution in [0.25, 0.3) is 0 Å². The standard InChI is InChI=1S/C23H28O2S/c1-19(17-26-21-12-8-5-9-13-21)14-15-22(23(2,3)18-24)25-16-20-10-6-4-7-11-20/h4-14,18,22H,15-17H2,1-3H3/b19-14-/t22-/m0/s1. The molecule has 0 saturated heterocycles. The second-order valence-electron chi connectivity index (χ2n) is 7.11. The third kappa shape index (κ3) is 6.81. The molecule has 2 rings (SSSR count). The minimum Gasteiger partial charge on any atom is -0.372 e. The maximum atomic E-state index is 11.5. The van der Waals surface area contributed by atoms with Gasteiger partial charge in [0.05, 0.1) is 12.7 Å². The molecule has 0 unspecified atom stereocenters. The molecule has 0 spiro atoms. The van der Waals surface area contributed by atoms with E-state index in [4.69, 9.17) is 4.74 Å². The Hall–Kier alpha value is -1.84. The van der Waals surface area contributed by atoms with Crippen LogP contribution in [0.2, 0.25) is 0 Å². The molecular weight excluding hydrogens is 340 g/mol. The summed E-state index contributed by atoms with van der Waals surface area (Å²) in [5, 5.41) is 0. The highest BCUT2D eigenvalue weighted by atomic mass is 32.2. The average molecular weight is 369 g/mol. The summed E-state index contributed by atoms with van der Waals surface area (Å²) in [6.07, 6.45) is 3.80. The lowest BCUT2D eigenvalue weighted by Gasteiger charge is -2.29. The van der Waals surface area contributed by atoms with Crippen molar-refractivity contribution < 1.29 is 9.53 Å². The summed E-state index contributed by atoms with van der Waals surface area (Å²) in [6.45, 7) is 6.54. The molecule has 138 valence electrons. The maximum Gasteiger partial charge on any atom is 0.128 e. The Labute approximate surface area is 161 Å². The second-order valence-corrected chi connectivity index (χ2v) is 8.16. The van der Waals surface area contributed by atoms with Crippen LogP contribution in [-0.4, -0.2) is 18.1 Å². The first-order valence-electron chi connectivity index (χ1n) is 8.96. The van der Waals surface area contributed by atoms with Gasteiger partial charge in [-0.1, -0.05) is 74.0 Å². The number of ether oxygens (including phenoxy) is 1. The van der Waals surface area contributed by atoms with Crippen molar-refractivity contribution in [3.8, 4) is 0 Å². The summed E-state index contributed by atoms with van der Waals surface area (Å²) in [4.78, 5) is 12.8. The van der Waals surface area contributed by atoms with Crippen molar-refractivity contribution >= 4 is 18.0 Å². The van der Waals surface area contributed by atoms with Crippen LogP contribution in [0.15, 0.2) is 77.2 Å². The number of hydrogen-bond donors (Lipinski definition) is 0. The van der Waals surface area contributed by atoms with Crippen LogP contribution in [0, 0.1) is 5.41 Å². The Balaban J connectivity index is 1.93. The Bertz CT molecular complexity index is 693. The Morgan fingerprint density at radius 2 is 1.69 bits per heavy atom. The molecule has 26 heavy (non-hydrogen) atoms. The molecule has 0 radical (unpaired) electrons. The smallest absolute Gasteiger partial charge is 0.128 e. The van der Waals surface area contributed by atoms with E-state index >= 15 is 0 Å². The quantitative estimate of drug-likeness (QED) is 0.295. The molecule has 0 amide bonds. The van der Waals surface area contributed by atoms with Gasteiger partial charge in [-0.05, 0) is 31.0 Å². The van der Waals surface area contributed by atoms with E-state index in [1.165, 1.54) is 10.5 Å². The number of carbonyl (C=O) groups excluding carboxylic acids is 1. The van der Waals surface area contributed by atoms with Crippen molar-refractivity contribution in [3.63, 3.8) is 0 Å². The van der Waals surface area contributed by atoms with E-state index in [1.54, 1.807) is 0 Å². The van der Waals surface area contributed by atoms with Crippen molar-refractivity contribution in [1.82, 2.24) is 0 Å². The van der Waals surface area contributed by atoms with Gasteiger partial charge in [0, 0.05) is 16.1 Å². The first kappa shape index (κ1) is 20.5. The van der Waals surface area contributed by atoms with Crippen LogP contribution in [0.5, 0.6) is 0 Å². The number of hydrogen-bond acceptors (Lipinski definition) is 3. The first-order valence-corrected chi connectivity index (χ1v) is 9.95. The molecule has 3 heteroatoms. The highest BCUT2D eigenvalue weighted by Gasteiger charge is 2.29. The zero-order valence-corrected chi connectivity index (χ0v) is 16.7. The number of carbonyl (C=O) groups is 1. The summed E-state index contributed by atoms with van der Waals surface area (Å²) in [5.74, 6) is 0.941. The van der Waals surface area contributed by atoms with Crippen LogP contribution >= 0.6 is 11.8 Å². The molecule has 0 aliphatic carbocycles. The normalized spacial score (nSPS) is 13.4. The Kier molecular flexibility index (Phi) is 8.14. The van der Waals surface area contributed by atoms with E-state index in [0.717, 1.165) is 24.0 Å². The zero-order valence-electron chi connectivity index (χ0n) is 15.9. The summed E-state index contributed by atoms with van der Waals surface area (Å²) >= 11 is 1.83. The van der Waals surface area contributed by atoms with Gasteiger partial charge in [0.2, 0.25) is 0 Å². The summed E-state index contributed by atoms with van der Waals surface area (Å²) in [7, 11) is 0. The van der Waals surface area contributed by atoms with E-state index in [1.807, 2.05) is 62.0 Å². The molecule has 0 saturated carbocycles. The number of benzene rings is 2. The molecule has 2 aromatic carbocycles. The molecule has 0 bridgehead atoms. The van der Waals surface area contributed by atoms with Crippen molar-refractivity contribution in [2.24, 2.45) is 5.41 Å². The third-order valence-electron chi connectivity index (χ3n) is 4.32. The van der Waals surface area contributed by atoms with Crippen LogP contribution in [0.3, 0.4) is 0 Å². The van der Waals surface area contributed by atoms with Gasteiger partial charge >= 0.3 is 0 Å². The van der Waals surface area contributed by atoms with Crippen LogP contribution in [0.1, 0.15) is 32.8 Å². The largest absolute Gasteiger partial charge is 0.372 e. The molecule has 0 aliphatic rings. The molecule has 0 aliphatic heterocycles. The predicted molar refractivity (Wildman–Crippen MR) is 110 cm³/mol. The SMILES string of the molecule is C/C(=C/C[C@H](OCc1ccccc1)C(C)(C)C=O)CSc1ccccc1. The molecule has 0 heterocycles. The summed E-state index contributed by atoms with van der Waals surface area (Å²) in [5.41, 5.74) is 1.91. The number of aldehydes is 1. The van der Waals surface area contributed by atoms with Gasteiger partial charge in [-0.25, -0.2) is 0 Å². The van der Waals surface area contributed by atoms with Gasteiger partial charge in [0.15, 0.2) is 0 Å². The van der Waals surface area contributed by atoms with E-state index in [-0.39, 0.29) is 6.10 Å². The first-order chi connectivity index (χ1) is 12.5. The van der Waals surface area contributed by atoms with Gasteiger partial charge in [0.25, 0.3) is 0 Å². The minimum absolute atomic E-state index is 0.142. The third-order valence-corrected chi connectivity index (χ3v) is 5.52. The predicted octanol–water partition coefficient (Wildman–Crippen LogP) is 5.93. The topological polar surface area (TPSA) is 26.3 Å². The lowest BCUT2D eigenvalue weighted by molar-refractivity contribution is -0.124. The van der Waals surface area contributed by atoms with E-state index < -0.39 is 5.41 Å². The molecule has 2 aromatic rings. The summed E-state index contributed by atoms with van der Waals surface area (Å²) in [6, 6.07) is 20.5. The van der Waals surface area contributed by atoms with Crippen LogP contribution < -0.4 is 0 Å². The van der Waals surface area contributed by atoms with Gasteiger partial charge in [-0.3, -0.25) is 0 Å². The lowest BCUT2D eigenvalue weighted by atomic mass is 9.86. The van der Waals surface area contributed by atoms with Gasteiger partial charge < -0.3 is 9.53 Å². The van der Waals surface area contributed by atoms with E-state index in [9.17, 15) is 4.79 Å². The summed E-state index contributed by atoms with van der Waals surface area (Å²) < 4.78 is 6.11. The maximum absolute atomic E-state index is 11.5. The highest BCUT2D eigenvalue weighted by molar-refractivity contribution is 7.99. The number of rotatable bonds is 10. The molecule has 0 aromatic heterocycles. The fourth-order valence-corrected chi connectivity index (χ4v) is 3.38. The van der Waals surface area contributed by atoms with Crippen molar-refractivity contribution in [3.05, 3.63) is 77.9 Å². The van der Waals surface area contributed by atoms with E-state index in [2.05, 4.69) is 37.3 Å². The average Bonchev–Trinajstić information content (AvgIpc) is 2.67. The number of thioether (sulfide) groups is 1. The van der Waals surface area contributed by atoms with Gasteiger partial charge in [0.1, 0.15) is 6.29 Å². The monoisotopic (exact) mass is 368 g/mol. The van der Waals surface area contributed by atoms with Crippen molar-refractivity contribution in [2.75, 3.05) is 5.75 Å². The van der Waals surface area contributed by atoms with Crippen LogP contribution in [-0.2, 0) is 16.1 Å². The fourth-order valence-electron chi connectivity index (χ4n) is 2.51. The molecule has 2 nitrogen and oxygen atoms in total. The lowest BCUT2D eigenvalue weighted by Crippen LogP contribution is -2.33. The molecule has 0 fully saturated rings. The zero-order chi connectivity index (χ0) is 18.8. The van der Waals surface area contributed by atoms with Gasteiger partial charge in [-0.2, -0.15) is 0 Å². The molecule has 0 N–H and O–H groups in total. The van der Waals surface area contributed by atoms with E-state index in [0.29, 0.717) is 6.61 Å². The van der Waals surface area contributed by atoms with Crippen LogP contribution in [0.4, 0.5) is 0 Å². The molecule has 1 atom stereocenters. The second kappa shape index (κ2) is 10.3. The fraction of sp³-hybridized carbons (Fsp3) is 0.348. The Morgan fingerprint density at radius 3 is 2.31 bits per heavy atom. The minimum atomic E-state index is -0.516. The van der Waals surface area contributed by atoms with Crippen molar-refractivity contribution in [1.29, 1.82) is 0 Å². The Morgan fingerprint density at radius 1 is 1.08 bits per heavy atom. The highest BCUT2D eigenvalue weighted by Crippen LogP contribution is 2.26. The van der Waals surface area contributed by atoms with Crippen molar-refractivity contribution in [2.45, 2.75) is 44.8 Å².